The van der Waals surface area contributed by atoms with E-state index in [0.29, 0.717) is 19.1 Å². The molecule has 0 radical (unpaired) electrons. The van der Waals surface area contributed by atoms with E-state index in [-0.39, 0.29) is 5.97 Å². The summed E-state index contributed by atoms with van der Waals surface area (Å²) in [4.78, 5) is 11.4. The van der Waals surface area contributed by atoms with Crippen molar-refractivity contribution < 1.29 is 14.3 Å². The van der Waals surface area contributed by atoms with E-state index in [0.717, 1.165) is 32.3 Å². The molecule has 0 aromatic carbocycles. The van der Waals surface area contributed by atoms with Crippen LogP contribution in [0.15, 0.2) is 0 Å². The first kappa shape index (κ1) is 12.5. The molecule has 1 aliphatic rings. The Balaban J connectivity index is 2.11. The maximum absolute atomic E-state index is 11.4. The fraction of sp³-hybridized carbons (Fsp3) is 0.909. The maximum Gasteiger partial charge on any atom is 0.322 e. The molecule has 0 aliphatic carbocycles. The SMILES string of the molecule is CCCC[C@H](N)C(=O)OCC1CCOC1. The molecule has 0 bridgehead atoms. The molecule has 0 spiro atoms. The van der Waals surface area contributed by atoms with E-state index < -0.39 is 6.04 Å². The maximum atomic E-state index is 11.4. The zero-order valence-electron chi connectivity index (χ0n) is 9.41. The zero-order valence-corrected chi connectivity index (χ0v) is 9.41. The number of nitrogens with two attached hydrogens (primary N) is 1. The quantitative estimate of drug-likeness (QED) is 0.674. The molecule has 1 aliphatic heterocycles. The Morgan fingerprint density at radius 2 is 2.47 bits per heavy atom. The molecule has 1 saturated heterocycles. The Kier molecular flexibility index (Phi) is 5.65. The largest absolute Gasteiger partial charge is 0.464 e. The van der Waals surface area contributed by atoms with E-state index in [1.165, 1.54) is 0 Å². The molecule has 0 saturated carbocycles. The van der Waals surface area contributed by atoms with Gasteiger partial charge in [-0.25, -0.2) is 0 Å². The lowest BCUT2D eigenvalue weighted by Crippen LogP contribution is -2.33. The predicted octanol–water partition coefficient (Wildman–Crippen LogP) is 1.08. The normalized spacial score (nSPS) is 22.7. The zero-order chi connectivity index (χ0) is 11.1. The van der Waals surface area contributed by atoms with Gasteiger partial charge in [0, 0.05) is 12.5 Å². The minimum Gasteiger partial charge on any atom is -0.464 e. The van der Waals surface area contributed by atoms with Crippen molar-refractivity contribution in [1.82, 2.24) is 0 Å². The van der Waals surface area contributed by atoms with Gasteiger partial charge in [0.2, 0.25) is 0 Å². The summed E-state index contributed by atoms with van der Waals surface area (Å²) in [5.41, 5.74) is 5.68. The van der Waals surface area contributed by atoms with E-state index in [1.54, 1.807) is 0 Å². The van der Waals surface area contributed by atoms with Crippen LogP contribution in [0.25, 0.3) is 0 Å². The first-order chi connectivity index (χ1) is 7.24. The number of rotatable bonds is 6. The highest BCUT2D eigenvalue weighted by atomic mass is 16.5. The van der Waals surface area contributed by atoms with Gasteiger partial charge in [-0.15, -0.1) is 0 Å². The average molecular weight is 215 g/mol. The van der Waals surface area contributed by atoms with Gasteiger partial charge in [-0.2, -0.15) is 0 Å². The molecule has 1 heterocycles. The van der Waals surface area contributed by atoms with Crippen LogP contribution in [0.1, 0.15) is 32.6 Å². The monoisotopic (exact) mass is 215 g/mol. The first-order valence-electron chi connectivity index (χ1n) is 5.74. The Labute approximate surface area is 91.1 Å². The second-order valence-electron chi connectivity index (χ2n) is 4.11. The van der Waals surface area contributed by atoms with Gasteiger partial charge in [0.05, 0.1) is 13.2 Å². The molecule has 4 heteroatoms. The minimum atomic E-state index is -0.452. The number of carbonyl (C=O) groups is 1. The molecule has 88 valence electrons. The van der Waals surface area contributed by atoms with Gasteiger partial charge in [0.25, 0.3) is 0 Å². The van der Waals surface area contributed by atoms with E-state index in [2.05, 4.69) is 6.92 Å². The van der Waals surface area contributed by atoms with Crippen LogP contribution in [-0.4, -0.2) is 31.8 Å². The Morgan fingerprint density at radius 3 is 3.07 bits per heavy atom. The number of unbranched alkanes of at least 4 members (excludes halogenated alkanes) is 1. The molecular formula is C11H21NO3. The van der Waals surface area contributed by atoms with Crippen molar-refractivity contribution in [3.63, 3.8) is 0 Å². The Hall–Kier alpha value is -0.610. The molecule has 0 aromatic heterocycles. The average Bonchev–Trinajstić information content (AvgIpc) is 2.75. The second kappa shape index (κ2) is 6.80. The third-order valence-corrected chi connectivity index (χ3v) is 2.66. The molecular weight excluding hydrogens is 194 g/mol. The van der Waals surface area contributed by atoms with Gasteiger partial charge in [-0.3, -0.25) is 4.79 Å². The van der Waals surface area contributed by atoms with Crippen molar-refractivity contribution in [2.45, 2.75) is 38.6 Å². The van der Waals surface area contributed by atoms with Gasteiger partial charge in [0.15, 0.2) is 0 Å². The summed E-state index contributed by atoms with van der Waals surface area (Å²) in [5.74, 6) is 0.0997. The number of hydrogen-bond donors (Lipinski definition) is 1. The van der Waals surface area contributed by atoms with Crippen LogP contribution in [0, 0.1) is 5.92 Å². The van der Waals surface area contributed by atoms with Gasteiger partial charge in [-0.05, 0) is 12.8 Å². The van der Waals surface area contributed by atoms with Crippen molar-refractivity contribution >= 4 is 5.97 Å². The summed E-state index contributed by atoms with van der Waals surface area (Å²) in [5, 5.41) is 0. The lowest BCUT2D eigenvalue weighted by atomic mass is 10.1. The summed E-state index contributed by atoms with van der Waals surface area (Å²) < 4.78 is 10.3. The fourth-order valence-electron chi connectivity index (χ4n) is 1.56. The van der Waals surface area contributed by atoms with Crippen LogP contribution in [0.2, 0.25) is 0 Å². The van der Waals surface area contributed by atoms with E-state index in [1.807, 2.05) is 0 Å². The molecule has 4 nitrogen and oxygen atoms in total. The van der Waals surface area contributed by atoms with Crippen molar-refractivity contribution in [3.8, 4) is 0 Å². The molecule has 2 N–H and O–H groups in total. The topological polar surface area (TPSA) is 61.6 Å². The molecule has 1 unspecified atom stereocenters. The fourth-order valence-corrected chi connectivity index (χ4v) is 1.56. The van der Waals surface area contributed by atoms with Crippen LogP contribution in [0.3, 0.4) is 0 Å². The standard InChI is InChI=1S/C11H21NO3/c1-2-3-4-10(12)11(13)15-8-9-5-6-14-7-9/h9-10H,2-8,12H2,1H3/t9?,10-/m0/s1. The van der Waals surface area contributed by atoms with Gasteiger partial charge < -0.3 is 15.2 Å². The smallest absolute Gasteiger partial charge is 0.322 e. The summed E-state index contributed by atoms with van der Waals surface area (Å²) >= 11 is 0. The van der Waals surface area contributed by atoms with Crippen LogP contribution in [-0.2, 0) is 14.3 Å². The molecule has 1 fully saturated rings. The summed E-state index contributed by atoms with van der Waals surface area (Å²) in [6.45, 7) is 4.02. The van der Waals surface area contributed by atoms with Crippen molar-refractivity contribution in [2.24, 2.45) is 11.7 Å². The number of carbonyl (C=O) groups excluding carboxylic acids is 1. The molecule has 15 heavy (non-hydrogen) atoms. The number of esters is 1. The van der Waals surface area contributed by atoms with E-state index in [4.69, 9.17) is 15.2 Å². The Bertz CT molecular complexity index is 190. The van der Waals surface area contributed by atoms with Gasteiger partial charge in [0.1, 0.15) is 6.04 Å². The summed E-state index contributed by atoms with van der Waals surface area (Å²) in [6, 6.07) is -0.452. The highest BCUT2D eigenvalue weighted by Gasteiger charge is 2.20. The third kappa shape index (κ3) is 4.62. The minimum absolute atomic E-state index is 0.268. The summed E-state index contributed by atoms with van der Waals surface area (Å²) in [7, 11) is 0. The third-order valence-electron chi connectivity index (χ3n) is 2.66. The van der Waals surface area contributed by atoms with Gasteiger partial charge >= 0.3 is 5.97 Å². The Morgan fingerprint density at radius 1 is 1.67 bits per heavy atom. The lowest BCUT2D eigenvalue weighted by molar-refractivity contribution is -0.146. The van der Waals surface area contributed by atoms with Crippen LogP contribution in [0.5, 0.6) is 0 Å². The second-order valence-corrected chi connectivity index (χ2v) is 4.11. The lowest BCUT2D eigenvalue weighted by Gasteiger charge is -2.13. The molecule has 0 aromatic rings. The van der Waals surface area contributed by atoms with Crippen LogP contribution >= 0.6 is 0 Å². The highest BCUT2D eigenvalue weighted by molar-refractivity contribution is 5.75. The predicted molar refractivity (Wildman–Crippen MR) is 57.4 cm³/mol. The molecule has 0 amide bonds. The van der Waals surface area contributed by atoms with Gasteiger partial charge in [-0.1, -0.05) is 19.8 Å². The first-order valence-corrected chi connectivity index (χ1v) is 5.74. The number of hydrogen-bond acceptors (Lipinski definition) is 4. The van der Waals surface area contributed by atoms with E-state index in [9.17, 15) is 4.79 Å². The van der Waals surface area contributed by atoms with Crippen molar-refractivity contribution in [2.75, 3.05) is 19.8 Å². The van der Waals surface area contributed by atoms with Crippen LogP contribution in [0.4, 0.5) is 0 Å². The highest BCUT2D eigenvalue weighted by Crippen LogP contribution is 2.12. The van der Waals surface area contributed by atoms with Crippen molar-refractivity contribution in [1.29, 1.82) is 0 Å². The van der Waals surface area contributed by atoms with Crippen molar-refractivity contribution in [3.05, 3.63) is 0 Å². The number of ether oxygens (including phenoxy) is 2. The molecule has 1 rings (SSSR count). The van der Waals surface area contributed by atoms with E-state index >= 15 is 0 Å². The summed E-state index contributed by atoms with van der Waals surface area (Å²) in [6.07, 6.45) is 3.73. The van der Waals surface area contributed by atoms with Crippen LogP contribution < -0.4 is 5.73 Å². The molecule has 2 atom stereocenters.